The molecule has 12 heteroatoms. The summed E-state index contributed by atoms with van der Waals surface area (Å²) in [6.07, 6.45) is -0.228. The third-order valence-corrected chi connectivity index (χ3v) is 9.08. The molecule has 0 saturated carbocycles. The van der Waals surface area contributed by atoms with Gasteiger partial charge in [0.1, 0.15) is 6.04 Å². The lowest BCUT2D eigenvalue weighted by molar-refractivity contribution is -0.138. The van der Waals surface area contributed by atoms with Gasteiger partial charge in [-0.1, -0.05) is 6.07 Å². The average molecular weight is 546 g/mol. The molecule has 2 aromatic rings. The van der Waals surface area contributed by atoms with E-state index in [1.165, 1.54) is 11.3 Å². The van der Waals surface area contributed by atoms with Crippen LogP contribution in [0.5, 0.6) is 0 Å². The van der Waals surface area contributed by atoms with Crippen molar-refractivity contribution in [2.75, 3.05) is 26.2 Å². The highest BCUT2D eigenvalue weighted by molar-refractivity contribution is 7.46. The van der Waals surface area contributed by atoms with Gasteiger partial charge in [-0.2, -0.15) is 0 Å². The summed E-state index contributed by atoms with van der Waals surface area (Å²) in [5.41, 5.74) is 0.251. The Balaban J connectivity index is 1.54. The largest absolute Gasteiger partial charge is 0.348 e. The van der Waals surface area contributed by atoms with Crippen LogP contribution in [0.3, 0.4) is 0 Å². The summed E-state index contributed by atoms with van der Waals surface area (Å²) in [6.45, 7) is 3.83. The minimum absolute atomic E-state index is 0.0148. The highest BCUT2D eigenvalue weighted by Crippen LogP contribution is 2.50. The molecule has 1 aromatic heterocycles. The second-order valence-corrected chi connectivity index (χ2v) is 11.7. The van der Waals surface area contributed by atoms with Crippen LogP contribution >= 0.6 is 19.7 Å². The Bertz CT molecular complexity index is 1090. The summed E-state index contributed by atoms with van der Waals surface area (Å²) < 4.78 is 46.6. The lowest BCUT2D eigenvalue weighted by atomic mass is 10.1. The predicted molar refractivity (Wildman–Crippen MR) is 134 cm³/mol. The van der Waals surface area contributed by atoms with E-state index in [9.17, 15) is 27.7 Å². The van der Waals surface area contributed by atoms with E-state index in [2.05, 4.69) is 5.32 Å². The molecule has 2 amide bonds. The predicted octanol–water partition coefficient (Wildman–Crippen LogP) is 4.66. The van der Waals surface area contributed by atoms with Gasteiger partial charge in [0.2, 0.25) is 14.3 Å². The van der Waals surface area contributed by atoms with E-state index in [0.29, 0.717) is 23.2 Å². The number of carbonyl (C=O) groups excluding carboxylic acids is 2. The van der Waals surface area contributed by atoms with Gasteiger partial charge in [0.15, 0.2) is 5.91 Å². The van der Waals surface area contributed by atoms with Gasteiger partial charge >= 0.3 is 0 Å². The maximum atomic E-state index is 14.6. The minimum Gasteiger partial charge on any atom is -0.348 e. The number of rotatable bonds is 8. The zero-order chi connectivity index (χ0) is 26.0. The van der Waals surface area contributed by atoms with Gasteiger partial charge in [-0.05, 0) is 62.3 Å². The maximum absolute atomic E-state index is 14.6. The summed E-state index contributed by atoms with van der Waals surface area (Å²) in [5, 5.41) is 3.41. The molecule has 0 aliphatic carbocycles. The van der Waals surface area contributed by atoms with Crippen molar-refractivity contribution in [3.8, 4) is 0 Å². The summed E-state index contributed by atoms with van der Waals surface area (Å²) in [4.78, 5) is 40.2. The number of carbonyl (C=O) groups is 2. The minimum atomic E-state index is -2.53. The van der Waals surface area contributed by atoms with Crippen LogP contribution in [0.25, 0.3) is 10.1 Å². The van der Waals surface area contributed by atoms with Gasteiger partial charge in [-0.3, -0.25) is 14.5 Å². The van der Waals surface area contributed by atoms with Crippen LogP contribution in [0.15, 0.2) is 24.3 Å². The molecule has 198 valence electrons. The number of nitrogens with one attached hydrogen (secondary N) is 1. The van der Waals surface area contributed by atoms with E-state index in [1.807, 2.05) is 11.8 Å². The van der Waals surface area contributed by atoms with Gasteiger partial charge in [0, 0.05) is 29.9 Å². The molecule has 2 saturated heterocycles. The topological polar surface area (TPSA) is 82.1 Å². The summed E-state index contributed by atoms with van der Waals surface area (Å²) >= 11 is 1.19. The zero-order valence-corrected chi connectivity index (χ0v) is 21.9. The van der Waals surface area contributed by atoms with Crippen molar-refractivity contribution >= 4 is 41.6 Å². The molecule has 2 aliphatic heterocycles. The highest BCUT2D eigenvalue weighted by Gasteiger charge is 2.40. The molecule has 5 unspecified atom stereocenters. The molecule has 2 aliphatic rings. The van der Waals surface area contributed by atoms with Gasteiger partial charge in [-0.25, -0.2) is 13.2 Å². The van der Waals surface area contributed by atoms with Crippen molar-refractivity contribution in [2.45, 2.75) is 63.6 Å². The van der Waals surface area contributed by atoms with E-state index in [4.69, 9.17) is 4.52 Å². The molecule has 1 aromatic carbocycles. The van der Waals surface area contributed by atoms with Crippen molar-refractivity contribution in [1.82, 2.24) is 15.1 Å². The van der Waals surface area contributed by atoms with Crippen LogP contribution in [-0.4, -0.2) is 77.3 Å². The molecule has 2 N–H and O–H groups in total. The Kier molecular flexibility index (Phi) is 8.88. The lowest BCUT2D eigenvalue weighted by Crippen LogP contribution is -2.58. The zero-order valence-electron chi connectivity index (χ0n) is 20.2. The number of alkyl halides is 3. The number of nitrogens with zero attached hydrogens (tertiary/aromatic N) is 2. The first-order valence-electron chi connectivity index (χ1n) is 12.1. The molecule has 4 rings (SSSR count). The Morgan fingerprint density at radius 3 is 2.78 bits per heavy atom. The molecular formula is C24H31F3N3O4PS. The highest BCUT2D eigenvalue weighted by atomic mass is 32.1. The molecule has 0 radical (unpaired) electrons. The van der Waals surface area contributed by atoms with Gasteiger partial charge in [-0.15, -0.1) is 11.3 Å². The van der Waals surface area contributed by atoms with Crippen molar-refractivity contribution in [2.24, 2.45) is 0 Å². The second-order valence-electron chi connectivity index (χ2n) is 9.26. The molecule has 0 bridgehead atoms. The number of thiophene rings is 1. The van der Waals surface area contributed by atoms with Crippen LogP contribution in [-0.2, 0) is 9.32 Å². The molecule has 0 spiro atoms. The lowest BCUT2D eigenvalue weighted by Gasteiger charge is -2.38. The molecule has 5 atom stereocenters. The smallest absolute Gasteiger partial charge is 0.262 e. The number of halogens is 3. The molecule has 2 fully saturated rings. The Morgan fingerprint density at radius 2 is 2.06 bits per heavy atom. The fourth-order valence-electron chi connectivity index (χ4n) is 5.04. The van der Waals surface area contributed by atoms with Crippen molar-refractivity contribution in [3.63, 3.8) is 0 Å². The first-order chi connectivity index (χ1) is 17.2. The van der Waals surface area contributed by atoms with Crippen molar-refractivity contribution in [1.29, 1.82) is 0 Å². The maximum Gasteiger partial charge on any atom is 0.262 e. The Hall–Kier alpha value is -1.78. The third kappa shape index (κ3) is 6.02. The van der Waals surface area contributed by atoms with E-state index in [1.54, 1.807) is 36.1 Å². The van der Waals surface area contributed by atoms with E-state index in [-0.39, 0.29) is 36.7 Å². The van der Waals surface area contributed by atoms with Gasteiger partial charge in [0.25, 0.3) is 12.3 Å². The monoisotopic (exact) mass is 545 g/mol. The normalized spacial score (nSPS) is 25.0. The SMILES string of the molecule is CCOP(O)C(F)c1ccc2sc(C(=O)NC3CN(CC(F)F)CCC4CCC(C)N4C3=O)cc2c1. The van der Waals surface area contributed by atoms with Crippen LogP contribution in [0.2, 0.25) is 0 Å². The fraction of sp³-hybridized carbons (Fsp3) is 0.583. The van der Waals surface area contributed by atoms with E-state index < -0.39 is 39.2 Å². The molecule has 36 heavy (non-hydrogen) atoms. The quantitative estimate of drug-likeness (QED) is 0.472. The van der Waals surface area contributed by atoms with Crippen LogP contribution in [0, 0.1) is 0 Å². The third-order valence-electron chi connectivity index (χ3n) is 6.75. The summed E-state index contributed by atoms with van der Waals surface area (Å²) in [5.74, 6) is -2.40. The standard InChI is InChI=1S/C24H31F3N3O4PS/c1-3-34-35(33)22(27)15-5-7-19-16(10-15)11-20(36-19)23(31)28-18-12-29(13-21(25)26)9-8-17-6-4-14(2)30(17)24(18)32/h5,7,10-11,14,17-18,21-22,33H,3-4,6,8-9,12-13H2,1-2H3,(H,28,31). The molecule has 7 nitrogen and oxygen atoms in total. The van der Waals surface area contributed by atoms with Gasteiger partial charge < -0.3 is 19.6 Å². The number of hydrogen-bond donors (Lipinski definition) is 2. The average Bonchev–Trinajstić information content (AvgIpc) is 3.42. The van der Waals surface area contributed by atoms with E-state index >= 15 is 0 Å². The number of hydrogen-bond acceptors (Lipinski definition) is 6. The van der Waals surface area contributed by atoms with Crippen molar-refractivity contribution in [3.05, 3.63) is 34.7 Å². The Labute approximate surface area is 213 Å². The van der Waals surface area contributed by atoms with Crippen LogP contribution in [0.1, 0.15) is 54.3 Å². The number of amides is 2. The first kappa shape index (κ1) is 27.3. The summed E-state index contributed by atoms with van der Waals surface area (Å²) in [6, 6.07) is 5.48. The van der Waals surface area contributed by atoms with E-state index in [0.717, 1.165) is 17.5 Å². The molecule has 3 heterocycles. The van der Waals surface area contributed by atoms with Crippen LogP contribution < -0.4 is 5.32 Å². The second kappa shape index (κ2) is 11.7. The van der Waals surface area contributed by atoms with Gasteiger partial charge in [0.05, 0.1) is 18.0 Å². The Morgan fingerprint density at radius 1 is 1.28 bits per heavy atom. The number of benzene rings is 1. The van der Waals surface area contributed by atoms with Crippen molar-refractivity contribution < 1.29 is 32.2 Å². The molecular weight excluding hydrogens is 514 g/mol. The van der Waals surface area contributed by atoms with Crippen LogP contribution in [0.4, 0.5) is 13.2 Å². The number of fused-ring (bicyclic) bond motifs is 2. The fourth-order valence-corrected chi connectivity index (χ4v) is 6.79. The summed E-state index contributed by atoms with van der Waals surface area (Å²) in [7, 11) is -2.26. The first-order valence-corrected chi connectivity index (χ1v) is 14.2.